The molecule has 5 nitrogen and oxygen atoms in total. The van der Waals surface area contributed by atoms with Crippen molar-refractivity contribution in [2.75, 3.05) is 6.54 Å². The zero-order valence-corrected chi connectivity index (χ0v) is 16.7. The molecular formula is C24H24N4O. The third-order valence-electron chi connectivity index (χ3n) is 5.13. The minimum absolute atomic E-state index is 0.0714. The van der Waals surface area contributed by atoms with E-state index in [0.717, 1.165) is 29.4 Å². The Balaban J connectivity index is 1.32. The Morgan fingerprint density at radius 3 is 2.59 bits per heavy atom. The molecule has 4 rings (SSSR count). The predicted molar refractivity (Wildman–Crippen MR) is 116 cm³/mol. The van der Waals surface area contributed by atoms with Crippen molar-refractivity contribution < 1.29 is 4.79 Å². The molecule has 0 radical (unpaired) electrons. The number of hydrogen-bond donors (Lipinski definition) is 2. The average molecular weight is 384 g/mol. The minimum Gasteiger partial charge on any atom is -0.352 e. The predicted octanol–water partition coefficient (Wildman–Crippen LogP) is 4.60. The first-order valence-electron chi connectivity index (χ1n) is 9.84. The number of fused-ring (bicyclic) bond motifs is 1. The quantitative estimate of drug-likeness (QED) is 0.477. The number of aryl methyl sites for hydroxylation is 3. The second-order valence-corrected chi connectivity index (χ2v) is 7.37. The Kier molecular flexibility index (Phi) is 5.38. The number of rotatable bonds is 6. The van der Waals surface area contributed by atoms with Gasteiger partial charge in [0.15, 0.2) is 0 Å². The van der Waals surface area contributed by atoms with E-state index in [4.69, 9.17) is 0 Å². The van der Waals surface area contributed by atoms with E-state index < -0.39 is 0 Å². The first-order valence-corrected chi connectivity index (χ1v) is 9.84. The number of nitrogens with one attached hydrogen (secondary N) is 2. The fourth-order valence-corrected chi connectivity index (χ4v) is 3.46. The lowest BCUT2D eigenvalue weighted by Crippen LogP contribution is -2.24. The molecular weight excluding hydrogens is 360 g/mol. The smallest absolute Gasteiger partial charge is 0.252 e. The van der Waals surface area contributed by atoms with Crippen LogP contribution < -0.4 is 5.32 Å². The molecule has 0 saturated carbocycles. The summed E-state index contributed by atoms with van der Waals surface area (Å²) < 4.78 is 0. The summed E-state index contributed by atoms with van der Waals surface area (Å²) >= 11 is 0. The van der Waals surface area contributed by atoms with Gasteiger partial charge in [0, 0.05) is 23.8 Å². The van der Waals surface area contributed by atoms with E-state index >= 15 is 0 Å². The fraction of sp³-hybridized carbons (Fsp3) is 0.208. The van der Waals surface area contributed by atoms with Gasteiger partial charge in [0.2, 0.25) is 0 Å². The summed E-state index contributed by atoms with van der Waals surface area (Å²) in [6.45, 7) is 4.65. The molecule has 0 aliphatic carbocycles. The van der Waals surface area contributed by atoms with Crippen molar-refractivity contribution in [3.8, 4) is 11.1 Å². The van der Waals surface area contributed by atoms with E-state index in [1.807, 2.05) is 19.2 Å². The van der Waals surface area contributed by atoms with Gasteiger partial charge in [-0.15, -0.1) is 0 Å². The summed E-state index contributed by atoms with van der Waals surface area (Å²) in [6, 6.07) is 16.6. The van der Waals surface area contributed by atoms with Crippen LogP contribution in [0.15, 0.2) is 60.9 Å². The molecule has 4 aromatic rings. The van der Waals surface area contributed by atoms with Crippen LogP contribution in [0.2, 0.25) is 0 Å². The Bertz CT molecular complexity index is 1130. The highest BCUT2D eigenvalue weighted by Crippen LogP contribution is 2.26. The third-order valence-corrected chi connectivity index (χ3v) is 5.13. The highest BCUT2D eigenvalue weighted by Gasteiger charge is 2.06. The minimum atomic E-state index is -0.0714. The molecule has 2 N–H and O–H groups in total. The van der Waals surface area contributed by atoms with Crippen molar-refractivity contribution >= 4 is 16.8 Å². The summed E-state index contributed by atoms with van der Waals surface area (Å²) in [6.07, 6.45) is 5.30. The third kappa shape index (κ3) is 4.35. The molecule has 29 heavy (non-hydrogen) atoms. The van der Waals surface area contributed by atoms with Gasteiger partial charge in [-0.05, 0) is 73.2 Å². The molecule has 0 unspecified atom stereocenters. The van der Waals surface area contributed by atoms with Crippen LogP contribution in [0.25, 0.3) is 22.0 Å². The Labute approximate surface area is 170 Å². The zero-order valence-electron chi connectivity index (χ0n) is 16.7. The lowest BCUT2D eigenvalue weighted by atomic mass is 9.99. The molecule has 2 aromatic heterocycles. The van der Waals surface area contributed by atoms with Crippen molar-refractivity contribution in [2.45, 2.75) is 26.7 Å². The molecule has 0 atom stereocenters. The van der Waals surface area contributed by atoms with Gasteiger partial charge in [-0.2, -0.15) is 5.10 Å². The molecule has 2 heterocycles. The molecule has 0 bridgehead atoms. The Morgan fingerprint density at radius 1 is 1.00 bits per heavy atom. The highest BCUT2D eigenvalue weighted by molar-refractivity contribution is 5.93. The summed E-state index contributed by atoms with van der Waals surface area (Å²) in [5.41, 5.74) is 7.45. The van der Waals surface area contributed by atoms with Gasteiger partial charge in [0.05, 0.1) is 17.3 Å². The number of amides is 1. The van der Waals surface area contributed by atoms with Gasteiger partial charge in [-0.3, -0.25) is 14.9 Å². The van der Waals surface area contributed by atoms with Gasteiger partial charge in [0.1, 0.15) is 0 Å². The van der Waals surface area contributed by atoms with Gasteiger partial charge in [-0.1, -0.05) is 24.3 Å². The van der Waals surface area contributed by atoms with Crippen molar-refractivity contribution in [3.63, 3.8) is 0 Å². The molecule has 2 aromatic carbocycles. The number of nitrogens with zero attached hydrogens (tertiary/aromatic N) is 2. The number of aromatic nitrogens is 3. The molecule has 146 valence electrons. The van der Waals surface area contributed by atoms with E-state index in [9.17, 15) is 4.79 Å². The number of pyridine rings is 1. The zero-order chi connectivity index (χ0) is 20.2. The molecule has 0 aliphatic heterocycles. The van der Waals surface area contributed by atoms with E-state index in [0.29, 0.717) is 12.1 Å². The largest absolute Gasteiger partial charge is 0.352 e. The summed E-state index contributed by atoms with van der Waals surface area (Å²) in [4.78, 5) is 16.3. The number of carbonyl (C=O) groups excluding carboxylic acids is 1. The second kappa shape index (κ2) is 8.27. The van der Waals surface area contributed by atoms with Crippen molar-refractivity contribution in [1.29, 1.82) is 0 Å². The number of carbonyl (C=O) groups is 1. The molecule has 1 amide bonds. The van der Waals surface area contributed by atoms with Crippen LogP contribution in [0.5, 0.6) is 0 Å². The monoisotopic (exact) mass is 384 g/mol. The fourth-order valence-electron chi connectivity index (χ4n) is 3.46. The van der Waals surface area contributed by atoms with Gasteiger partial charge < -0.3 is 5.32 Å². The summed E-state index contributed by atoms with van der Waals surface area (Å²) in [7, 11) is 0. The van der Waals surface area contributed by atoms with Crippen LogP contribution in [0.1, 0.15) is 33.6 Å². The van der Waals surface area contributed by atoms with Crippen LogP contribution in [-0.2, 0) is 6.42 Å². The molecule has 0 saturated heterocycles. The van der Waals surface area contributed by atoms with Crippen molar-refractivity contribution in [3.05, 3.63) is 83.3 Å². The van der Waals surface area contributed by atoms with Crippen LogP contribution in [0.3, 0.4) is 0 Å². The number of hydrogen-bond acceptors (Lipinski definition) is 3. The summed E-state index contributed by atoms with van der Waals surface area (Å²) in [5, 5.41) is 11.3. The maximum atomic E-state index is 12.1. The topological polar surface area (TPSA) is 70.7 Å². The van der Waals surface area contributed by atoms with Crippen LogP contribution in [-0.4, -0.2) is 27.6 Å². The molecule has 0 fully saturated rings. The van der Waals surface area contributed by atoms with Crippen LogP contribution >= 0.6 is 0 Å². The Morgan fingerprint density at radius 2 is 1.83 bits per heavy atom. The molecule has 0 spiro atoms. The van der Waals surface area contributed by atoms with Crippen molar-refractivity contribution in [1.82, 2.24) is 20.5 Å². The lowest BCUT2D eigenvalue weighted by Gasteiger charge is -2.08. The summed E-state index contributed by atoms with van der Waals surface area (Å²) in [5.74, 6) is -0.0714. The van der Waals surface area contributed by atoms with E-state index in [2.05, 4.69) is 63.8 Å². The average Bonchev–Trinajstić information content (AvgIpc) is 3.21. The normalized spacial score (nSPS) is 11.0. The number of benzene rings is 2. The van der Waals surface area contributed by atoms with Crippen molar-refractivity contribution in [2.24, 2.45) is 0 Å². The second-order valence-electron chi connectivity index (χ2n) is 7.37. The maximum Gasteiger partial charge on any atom is 0.252 e. The van der Waals surface area contributed by atoms with Crippen LogP contribution in [0, 0.1) is 13.8 Å². The van der Waals surface area contributed by atoms with E-state index in [1.165, 1.54) is 22.3 Å². The molecule has 0 aliphatic rings. The highest BCUT2D eigenvalue weighted by atomic mass is 16.1. The van der Waals surface area contributed by atoms with Gasteiger partial charge in [-0.25, -0.2) is 0 Å². The first-order chi connectivity index (χ1) is 14.1. The lowest BCUT2D eigenvalue weighted by molar-refractivity contribution is 0.0953. The van der Waals surface area contributed by atoms with Crippen LogP contribution in [0.4, 0.5) is 0 Å². The SMILES string of the molecule is Cc1ccc(C(=O)NCCCc2ccc(-c3cc(C)c4[nH]ncc4c3)cc2)cn1. The Hall–Kier alpha value is -3.47. The van der Waals surface area contributed by atoms with E-state index in [-0.39, 0.29) is 5.91 Å². The maximum absolute atomic E-state index is 12.1. The number of aromatic amines is 1. The standard InChI is InChI=1S/C24H24N4O/c1-16-12-21(13-22-15-27-28-23(16)22)19-9-6-18(7-10-19)4-3-11-25-24(29)20-8-5-17(2)26-14-20/h5-10,12-15H,3-4,11H2,1-2H3,(H,25,29)(H,27,28). The van der Waals surface area contributed by atoms with Gasteiger partial charge in [0.25, 0.3) is 5.91 Å². The number of H-pyrrole nitrogens is 1. The van der Waals surface area contributed by atoms with E-state index in [1.54, 1.807) is 12.3 Å². The molecule has 5 heteroatoms. The first kappa shape index (κ1) is 18.9. The van der Waals surface area contributed by atoms with Gasteiger partial charge >= 0.3 is 0 Å².